The van der Waals surface area contributed by atoms with Crippen molar-refractivity contribution in [3.05, 3.63) is 58.1 Å². The third-order valence-corrected chi connectivity index (χ3v) is 6.14. The molecule has 0 aliphatic rings. The molecule has 0 bridgehead atoms. The molecule has 0 atom stereocenters. The summed E-state index contributed by atoms with van der Waals surface area (Å²) in [5.74, 6) is 0.454. The van der Waals surface area contributed by atoms with Crippen LogP contribution in [0.4, 0.5) is 5.69 Å². The first kappa shape index (κ1) is 24.3. The van der Waals surface area contributed by atoms with Crippen molar-refractivity contribution in [2.75, 3.05) is 30.3 Å². The maximum absolute atomic E-state index is 12.3. The van der Waals surface area contributed by atoms with E-state index in [1.165, 1.54) is 18.2 Å². The Labute approximate surface area is 188 Å². The number of benzene rings is 2. The summed E-state index contributed by atoms with van der Waals surface area (Å²) in [7, 11) is -3.68. The molecule has 0 unspecified atom stereocenters. The molecule has 0 fully saturated rings. The number of rotatable bonds is 11. The van der Waals surface area contributed by atoms with E-state index in [9.17, 15) is 13.2 Å². The van der Waals surface area contributed by atoms with Gasteiger partial charge in [-0.15, -0.1) is 0 Å². The first-order valence-corrected chi connectivity index (χ1v) is 12.2. The van der Waals surface area contributed by atoms with Crippen LogP contribution < -0.4 is 14.4 Å². The molecular weight excluding hydrogens is 447 g/mol. The molecule has 0 aromatic heterocycles. The Morgan fingerprint density at radius 3 is 2.53 bits per heavy atom. The summed E-state index contributed by atoms with van der Waals surface area (Å²) >= 11 is 11.9. The van der Waals surface area contributed by atoms with Gasteiger partial charge >= 0.3 is 0 Å². The average molecular weight is 473 g/mol. The van der Waals surface area contributed by atoms with Gasteiger partial charge in [-0.25, -0.2) is 8.42 Å². The van der Waals surface area contributed by atoms with Gasteiger partial charge in [-0.3, -0.25) is 9.10 Å². The molecule has 0 heterocycles. The molecule has 1 N–H and O–H groups in total. The fraction of sp³-hybridized carbons (Fsp3) is 0.381. The van der Waals surface area contributed by atoms with Crippen molar-refractivity contribution in [3.63, 3.8) is 0 Å². The smallest absolute Gasteiger partial charge is 0.240 e. The number of carbonyl (C=O) groups is 1. The summed E-state index contributed by atoms with van der Waals surface area (Å²) in [5.41, 5.74) is 1.36. The second kappa shape index (κ2) is 11.4. The Hall–Kier alpha value is -1.96. The number of hydrogen-bond acceptors (Lipinski definition) is 4. The lowest BCUT2D eigenvalue weighted by Crippen LogP contribution is -2.40. The van der Waals surface area contributed by atoms with Gasteiger partial charge in [-0.1, -0.05) is 48.3 Å². The van der Waals surface area contributed by atoms with Gasteiger partial charge < -0.3 is 10.1 Å². The second-order valence-electron chi connectivity index (χ2n) is 6.78. The average Bonchev–Trinajstić information content (AvgIpc) is 2.70. The van der Waals surface area contributed by atoms with E-state index in [-0.39, 0.29) is 17.3 Å². The van der Waals surface area contributed by atoms with Crippen LogP contribution in [0.2, 0.25) is 10.0 Å². The highest BCUT2D eigenvalue weighted by Crippen LogP contribution is 2.28. The molecule has 30 heavy (non-hydrogen) atoms. The standard InChI is InChI=1S/C21H26Cl2N2O4S/c1-3-13-29-20-9-5-4-7-16(20)8-6-12-24-21(26)15-25(30(2,27)28)17-10-11-18(22)19(23)14-17/h4-5,7,9-11,14H,3,6,8,12-13,15H2,1-2H3,(H,24,26). The molecule has 2 aromatic carbocycles. The third-order valence-electron chi connectivity index (χ3n) is 4.26. The van der Waals surface area contributed by atoms with Gasteiger partial charge in [0.25, 0.3) is 0 Å². The molecule has 0 saturated carbocycles. The Morgan fingerprint density at radius 2 is 1.87 bits per heavy atom. The first-order valence-electron chi connectivity index (χ1n) is 9.62. The first-order chi connectivity index (χ1) is 14.2. The van der Waals surface area contributed by atoms with E-state index in [0.717, 1.165) is 34.7 Å². The van der Waals surface area contributed by atoms with E-state index < -0.39 is 15.9 Å². The van der Waals surface area contributed by atoms with Crippen LogP contribution >= 0.6 is 23.2 Å². The lowest BCUT2D eigenvalue weighted by atomic mass is 10.1. The number of hydrogen-bond donors (Lipinski definition) is 1. The van der Waals surface area contributed by atoms with Gasteiger partial charge in [0.2, 0.25) is 15.9 Å². The minimum Gasteiger partial charge on any atom is -0.493 e. The normalized spacial score (nSPS) is 11.2. The summed E-state index contributed by atoms with van der Waals surface area (Å²) in [6, 6.07) is 12.2. The third kappa shape index (κ3) is 7.38. The Morgan fingerprint density at radius 1 is 1.13 bits per heavy atom. The van der Waals surface area contributed by atoms with Gasteiger partial charge in [0, 0.05) is 6.54 Å². The van der Waals surface area contributed by atoms with Crippen LogP contribution in [0.15, 0.2) is 42.5 Å². The minimum atomic E-state index is -3.68. The number of para-hydroxylation sites is 1. The molecule has 0 saturated heterocycles. The molecule has 164 valence electrons. The number of amides is 1. The molecule has 0 spiro atoms. The molecule has 0 radical (unpaired) electrons. The molecule has 0 aliphatic carbocycles. The van der Waals surface area contributed by atoms with Crippen molar-refractivity contribution in [1.82, 2.24) is 5.32 Å². The summed E-state index contributed by atoms with van der Waals surface area (Å²) in [6.07, 6.45) is 3.41. The highest BCUT2D eigenvalue weighted by molar-refractivity contribution is 7.92. The maximum atomic E-state index is 12.3. The van der Waals surface area contributed by atoms with Crippen LogP contribution in [0, 0.1) is 0 Å². The molecular formula is C21H26Cl2N2O4S. The van der Waals surface area contributed by atoms with Crippen LogP contribution in [0.1, 0.15) is 25.3 Å². The van der Waals surface area contributed by atoms with Crippen molar-refractivity contribution >= 4 is 44.8 Å². The van der Waals surface area contributed by atoms with Crippen molar-refractivity contribution in [2.24, 2.45) is 0 Å². The Balaban J connectivity index is 1.92. The lowest BCUT2D eigenvalue weighted by Gasteiger charge is -2.22. The molecule has 9 heteroatoms. The van der Waals surface area contributed by atoms with Gasteiger partial charge in [0.05, 0.1) is 28.6 Å². The van der Waals surface area contributed by atoms with Crippen LogP contribution in [0.3, 0.4) is 0 Å². The summed E-state index contributed by atoms with van der Waals surface area (Å²) in [5, 5.41) is 3.29. The minimum absolute atomic E-state index is 0.215. The molecule has 0 aliphatic heterocycles. The largest absolute Gasteiger partial charge is 0.493 e. The molecule has 2 aromatic rings. The highest BCUT2D eigenvalue weighted by Gasteiger charge is 2.21. The molecule has 1 amide bonds. The number of aryl methyl sites for hydroxylation is 1. The van der Waals surface area contributed by atoms with Gasteiger partial charge in [0.15, 0.2) is 0 Å². The Bertz CT molecular complexity index is 967. The zero-order valence-electron chi connectivity index (χ0n) is 17.0. The van der Waals surface area contributed by atoms with E-state index in [1.54, 1.807) is 0 Å². The van der Waals surface area contributed by atoms with Gasteiger partial charge in [0.1, 0.15) is 12.3 Å². The maximum Gasteiger partial charge on any atom is 0.240 e. The summed E-state index contributed by atoms with van der Waals surface area (Å²) in [6.45, 7) is 2.78. The van der Waals surface area contributed by atoms with E-state index in [4.69, 9.17) is 27.9 Å². The zero-order valence-corrected chi connectivity index (χ0v) is 19.4. The summed E-state index contributed by atoms with van der Waals surface area (Å²) in [4.78, 5) is 12.3. The number of anilines is 1. The monoisotopic (exact) mass is 472 g/mol. The topological polar surface area (TPSA) is 75.7 Å². The fourth-order valence-electron chi connectivity index (χ4n) is 2.80. The van der Waals surface area contributed by atoms with E-state index in [2.05, 4.69) is 12.2 Å². The van der Waals surface area contributed by atoms with Gasteiger partial charge in [-0.05, 0) is 49.1 Å². The Kier molecular flexibility index (Phi) is 9.27. The van der Waals surface area contributed by atoms with E-state index in [0.29, 0.717) is 24.6 Å². The lowest BCUT2D eigenvalue weighted by molar-refractivity contribution is -0.119. The van der Waals surface area contributed by atoms with Crippen LogP contribution in [-0.2, 0) is 21.2 Å². The number of nitrogens with zero attached hydrogens (tertiary/aromatic N) is 1. The molecule has 6 nitrogen and oxygen atoms in total. The van der Waals surface area contributed by atoms with Gasteiger partial charge in [-0.2, -0.15) is 0 Å². The predicted octanol–water partition coefficient (Wildman–Crippen LogP) is 4.30. The van der Waals surface area contributed by atoms with Crippen LogP contribution in [-0.4, -0.2) is 40.3 Å². The number of ether oxygens (including phenoxy) is 1. The number of nitrogens with one attached hydrogen (secondary N) is 1. The number of halogens is 2. The van der Waals surface area contributed by atoms with E-state index in [1.807, 2.05) is 24.3 Å². The van der Waals surface area contributed by atoms with Crippen LogP contribution in [0.25, 0.3) is 0 Å². The SMILES string of the molecule is CCCOc1ccccc1CCCNC(=O)CN(c1ccc(Cl)c(Cl)c1)S(C)(=O)=O. The quantitative estimate of drug-likeness (QED) is 0.494. The number of sulfonamides is 1. The van der Waals surface area contributed by atoms with Crippen molar-refractivity contribution in [2.45, 2.75) is 26.2 Å². The molecule has 2 rings (SSSR count). The second-order valence-corrected chi connectivity index (χ2v) is 9.50. The zero-order chi connectivity index (χ0) is 22.1. The van der Waals surface area contributed by atoms with Crippen molar-refractivity contribution in [1.29, 1.82) is 0 Å². The number of carbonyl (C=O) groups excluding carboxylic acids is 1. The van der Waals surface area contributed by atoms with Crippen LogP contribution in [0.5, 0.6) is 5.75 Å². The van der Waals surface area contributed by atoms with E-state index >= 15 is 0 Å². The van der Waals surface area contributed by atoms with Crippen molar-refractivity contribution < 1.29 is 17.9 Å². The summed E-state index contributed by atoms with van der Waals surface area (Å²) < 4.78 is 31.1. The van der Waals surface area contributed by atoms with Crippen molar-refractivity contribution in [3.8, 4) is 5.75 Å². The highest BCUT2D eigenvalue weighted by atomic mass is 35.5. The fourth-order valence-corrected chi connectivity index (χ4v) is 3.94. The predicted molar refractivity (Wildman–Crippen MR) is 122 cm³/mol.